The average molecular weight is 304 g/mol. The molecule has 1 saturated carbocycles. The monoisotopic (exact) mass is 303 g/mol. The summed E-state index contributed by atoms with van der Waals surface area (Å²) in [7, 11) is 0. The largest absolute Gasteiger partial charge is 0.393 e. The van der Waals surface area contributed by atoms with Crippen molar-refractivity contribution in [1.82, 2.24) is 5.32 Å². The number of aliphatic hydroxyl groups excluding tert-OH is 1. The zero-order chi connectivity index (χ0) is 14.7. The molecule has 1 aromatic rings. The molecular formula is C14H16ClF2NO2. The Labute approximate surface area is 120 Å². The van der Waals surface area contributed by atoms with E-state index < -0.39 is 17.5 Å². The van der Waals surface area contributed by atoms with Crippen molar-refractivity contribution in [2.24, 2.45) is 5.92 Å². The molecule has 20 heavy (non-hydrogen) atoms. The van der Waals surface area contributed by atoms with Crippen LogP contribution in [-0.4, -0.2) is 23.7 Å². The Morgan fingerprint density at radius 1 is 1.35 bits per heavy atom. The van der Waals surface area contributed by atoms with Crippen molar-refractivity contribution in [3.63, 3.8) is 0 Å². The highest BCUT2D eigenvalue weighted by atomic mass is 35.5. The summed E-state index contributed by atoms with van der Waals surface area (Å²) < 4.78 is 26.8. The number of aliphatic hydroxyl groups is 1. The Morgan fingerprint density at radius 3 is 2.80 bits per heavy atom. The summed E-state index contributed by atoms with van der Waals surface area (Å²) in [6, 6.07) is 1.58. The van der Waals surface area contributed by atoms with Gasteiger partial charge in [-0.3, -0.25) is 4.79 Å². The van der Waals surface area contributed by atoms with Crippen LogP contribution in [0.3, 0.4) is 0 Å². The van der Waals surface area contributed by atoms with Crippen LogP contribution >= 0.6 is 11.6 Å². The van der Waals surface area contributed by atoms with Crippen LogP contribution in [0, 0.1) is 17.6 Å². The fraction of sp³-hybridized carbons (Fsp3) is 0.500. The summed E-state index contributed by atoms with van der Waals surface area (Å²) in [5.74, 6) is -2.18. The molecule has 0 saturated heterocycles. The van der Waals surface area contributed by atoms with Crippen LogP contribution in [0.4, 0.5) is 8.78 Å². The molecule has 1 aromatic carbocycles. The smallest absolute Gasteiger partial charge is 0.254 e. The molecule has 0 bridgehead atoms. The molecule has 0 radical (unpaired) electrons. The predicted octanol–water partition coefficient (Wildman–Crippen LogP) is 2.90. The molecule has 6 heteroatoms. The van der Waals surface area contributed by atoms with Crippen molar-refractivity contribution in [1.29, 1.82) is 0 Å². The molecule has 3 nitrogen and oxygen atoms in total. The lowest BCUT2D eigenvalue weighted by Gasteiger charge is -2.25. The number of rotatable bonds is 3. The maximum Gasteiger partial charge on any atom is 0.254 e. The number of nitrogens with one attached hydrogen (secondary N) is 1. The zero-order valence-electron chi connectivity index (χ0n) is 10.8. The van der Waals surface area contributed by atoms with Crippen molar-refractivity contribution in [3.8, 4) is 0 Å². The SMILES string of the molecule is O=C(NCC1CCCC(O)C1)c1cc(F)c(Cl)cc1F. The van der Waals surface area contributed by atoms with E-state index in [-0.39, 0.29) is 22.6 Å². The number of carbonyl (C=O) groups is 1. The number of carbonyl (C=O) groups excluding carboxylic acids is 1. The fourth-order valence-electron chi connectivity index (χ4n) is 2.48. The molecule has 1 amide bonds. The molecule has 2 atom stereocenters. The second kappa shape index (κ2) is 6.50. The second-order valence-electron chi connectivity index (χ2n) is 5.14. The number of hydrogen-bond acceptors (Lipinski definition) is 2. The Kier molecular flexibility index (Phi) is 4.94. The van der Waals surface area contributed by atoms with Gasteiger partial charge in [-0.25, -0.2) is 8.78 Å². The molecule has 2 unspecified atom stereocenters. The first-order valence-corrected chi connectivity index (χ1v) is 6.96. The molecule has 110 valence electrons. The minimum atomic E-state index is -0.849. The molecule has 1 fully saturated rings. The van der Waals surface area contributed by atoms with Crippen LogP contribution in [0.25, 0.3) is 0 Å². The van der Waals surface area contributed by atoms with Gasteiger partial charge < -0.3 is 10.4 Å². The normalized spacial score (nSPS) is 22.6. The summed E-state index contributed by atoms with van der Waals surface area (Å²) in [6.07, 6.45) is 2.88. The number of halogens is 3. The quantitative estimate of drug-likeness (QED) is 0.844. The first-order valence-electron chi connectivity index (χ1n) is 6.58. The van der Waals surface area contributed by atoms with E-state index in [2.05, 4.69) is 5.32 Å². The first-order chi connectivity index (χ1) is 9.47. The van der Waals surface area contributed by atoms with Crippen LogP contribution in [0.1, 0.15) is 36.0 Å². The summed E-state index contributed by atoms with van der Waals surface area (Å²) in [5.41, 5.74) is -0.358. The topological polar surface area (TPSA) is 49.3 Å². The fourth-order valence-corrected chi connectivity index (χ4v) is 2.63. The van der Waals surface area contributed by atoms with E-state index in [4.69, 9.17) is 11.6 Å². The van der Waals surface area contributed by atoms with Gasteiger partial charge in [0.2, 0.25) is 0 Å². The maximum atomic E-state index is 13.6. The Hall–Kier alpha value is -1.20. The van der Waals surface area contributed by atoms with Crippen LogP contribution in [0.15, 0.2) is 12.1 Å². The minimum absolute atomic E-state index is 0.169. The minimum Gasteiger partial charge on any atom is -0.393 e. The summed E-state index contributed by atoms with van der Waals surface area (Å²) in [4.78, 5) is 11.8. The average Bonchev–Trinajstić information content (AvgIpc) is 2.40. The molecule has 2 rings (SSSR count). The van der Waals surface area contributed by atoms with Crippen LogP contribution < -0.4 is 5.32 Å². The standard InChI is InChI=1S/C14H16ClF2NO2/c15-11-6-12(16)10(5-13(11)17)14(20)18-7-8-2-1-3-9(19)4-8/h5-6,8-9,19H,1-4,7H2,(H,18,20). The van der Waals surface area contributed by atoms with Crippen LogP contribution in [0.5, 0.6) is 0 Å². The van der Waals surface area contributed by atoms with Gasteiger partial charge in [0.15, 0.2) is 0 Å². The molecule has 0 aliphatic heterocycles. The van der Waals surface area contributed by atoms with Gasteiger partial charge >= 0.3 is 0 Å². The van der Waals surface area contributed by atoms with E-state index in [1.807, 2.05) is 0 Å². The summed E-state index contributed by atoms with van der Waals surface area (Å²) >= 11 is 5.43. The lowest BCUT2D eigenvalue weighted by Crippen LogP contribution is -2.33. The molecule has 2 N–H and O–H groups in total. The lowest BCUT2D eigenvalue weighted by molar-refractivity contribution is 0.0870. The zero-order valence-corrected chi connectivity index (χ0v) is 11.6. The molecule has 0 aromatic heterocycles. The molecule has 1 aliphatic rings. The van der Waals surface area contributed by atoms with Gasteiger partial charge in [-0.2, -0.15) is 0 Å². The van der Waals surface area contributed by atoms with Crippen LogP contribution in [-0.2, 0) is 0 Å². The van der Waals surface area contributed by atoms with Gasteiger partial charge in [0.25, 0.3) is 5.91 Å². The lowest BCUT2D eigenvalue weighted by atomic mass is 9.87. The van der Waals surface area contributed by atoms with Crippen LogP contribution in [0.2, 0.25) is 5.02 Å². The number of benzene rings is 1. The van der Waals surface area contributed by atoms with Gasteiger partial charge in [0.05, 0.1) is 16.7 Å². The van der Waals surface area contributed by atoms with Crippen molar-refractivity contribution in [3.05, 3.63) is 34.4 Å². The van der Waals surface area contributed by atoms with Gasteiger partial charge in [0, 0.05) is 6.54 Å². The molecule has 1 aliphatic carbocycles. The number of amides is 1. The Morgan fingerprint density at radius 2 is 2.10 bits per heavy atom. The third-order valence-electron chi connectivity index (χ3n) is 3.56. The van der Waals surface area contributed by atoms with E-state index in [0.717, 1.165) is 31.4 Å². The van der Waals surface area contributed by atoms with Crippen molar-refractivity contribution in [2.75, 3.05) is 6.54 Å². The second-order valence-corrected chi connectivity index (χ2v) is 5.55. The number of hydrogen-bond donors (Lipinski definition) is 2. The summed E-state index contributed by atoms with van der Waals surface area (Å²) in [5, 5.41) is 11.8. The highest BCUT2D eigenvalue weighted by Gasteiger charge is 2.22. The summed E-state index contributed by atoms with van der Waals surface area (Å²) in [6.45, 7) is 0.347. The highest BCUT2D eigenvalue weighted by molar-refractivity contribution is 6.30. The van der Waals surface area contributed by atoms with Gasteiger partial charge in [-0.05, 0) is 37.3 Å². The first kappa shape index (κ1) is 15.2. The predicted molar refractivity (Wildman–Crippen MR) is 71.7 cm³/mol. The van der Waals surface area contributed by atoms with E-state index >= 15 is 0 Å². The van der Waals surface area contributed by atoms with E-state index in [1.54, 1.807) is 0 Å². The van der Waals surface area contributed by atoms with E-state index in [9.17, 15) is 18.7 Å². The third-order valence-corrected chi connectivity index (χ3v) is 3.85. The van der Waals surface area contributed by atoms with E-state index in [1.165, 1.54) is 0 Å². The van der Waals surface area contributed by atoms with E-state index in [0.29, 0.717) is 13.0 Å². The van der Waals surface area contributed by atoms with Gasteiger partial charge in [0.1, 0.15) is 11.6 Å². The maximum absolute atomic E-state index is 13.6. The van der Waals surface area contributed by atoms with Gasteiger partial charge in [-0.15, -0.1) is 0 Å². The van der Waals surface area contributed by atoms with Crippen molar-refractivity contribution < 1.29 is 18.7 Å². The van der Waals surface area contributed by atoms with Crippen molar-refractivity contribution in [2.45, 2.75) is 31.8 Å². The molecule has 0 spiro atoms. The van der Waals surface area contributed by atoms with Crippen molar-refractivity contribution >= 4 is 17.5 Å². The molecule has 0 heterocycles. The molecular weight excluding hydrogens is 288 g/mol. The van der Waals surface area contributed by atoms with Gasteiger partial charge in [-0.1, -0.05) is 18.0 Å². The third kappa shape index (κ3) is 3.67. The Bertz CT molecular complexity index is 510. The highest BCUT2D eigenvalue weighted by Crippen LogP contribution is 2.24. The Balaban J connectivity index is 1.96.